The van der Waals surface area contributed by atoms with Gasteiger partial charge in [0, 0.05) is 33.5 Å². The number of nitrogens with zero attached hydrogens (tertiary/aromatic N) is 3. The Morgan fingerprint density at radius 1 is 1.11 bits per heavy atom. The maximum absolute atomic E-state index is 9.19. The number of aryl methyl sites for hydroxylation is 1. The molecule has 28 heavy (non-hydrogen) atoms. The molecule has 0 aliphatic heterocycles. The first-order valence-corrected chi connectivity index (χ1v) is 10.0. The van der Waals surface area contributed by atoms with E-state index >= 15 is 0 Å². The van der Waals surface area contributed by atoms with Gasteiger partial charge in [0.05, 0.1) is 18.8 Å². The Bertz CT molecular complexity index is 607. The first-order chi connectivity index (χ1) is 13.6. The second-order valence-electron chi connectivity index (χ2n) is 5.62. The predicted molar refractivity (Wildman–Crippen MR) is 121 cm³/mol. The van der Waals surface area contributed by atoms with Crippen molar-refractivity contribution in [3.63, 3.8) is 0 Å². The van der Waals surface area contributed by atoms with Crippen molar-refractivity contribution in [1.29, 1.82) is 0 Å². The van der Waals surface area contributed by atoms with E-state index in [1.54, 1.807) is 14.2 Å². The van der Waals surface area contributed by atoms with Crippen molar-refractivity contribution in [2.24, 2.45) is 0 Å². The van der Waals surface area contributed by atoms with Crippen molar-refractivity contribution in [2.45, 2.75) is 60.9 Å². The number of imidazole rings is 1. The van der Waals surface area contributed by atoms with Gasteiger partial charge in [0.1, 0.15) is 5.82 Å². The summed E-state index contributed by atoms with van der Waals surface area (Å²) in [5.74, 6) is 0.992. The van der Waals surface area contributed by atoms with Gasteiger partial charge in [-0.3, -0.25) is 4.90 Å². The highest BCUT2D eigenvalue weighted by Crippen LogP contribution is 2.11. The number of aliphatic hydroxyl groups excluding tert-OH is 1. The van der Waals surface area contributed by atoms with Crippen molar-refractivity contribution in [3.05, 3.63) is 59.7 Å². The van der Waals surface area contributed by atoms with Crippen LogP contribution in [-0.2, 0) is 31.0 Å². The molecule has 2 aromatic rings. The zero-order chi connectivity index (χ0) is 21.9. The van der Waals surface area contributed by atoms with Gasteiger partial charge in [-0.2, -0.15) is 0 Å². The number of ether oxygens (including phenoxy) is 1. The minimum atomic E-state index is -0.00721. The number of hydrogen-bond donors (Lipinski definition) is 1. The molecule has 160 valence electrons. The van der Waals surface area contributed by atoms with Gasteiger partial charge >= 0.3 is 0 Å². The lowest BCUT2D eigenvalue weighted by Crippen LogP contribution is -2.20. The molecule has 1 heterocycles. The fourth-order valence-corrected chi connectivity index (χ4v) is 2.36. The Hall–Kier alpha value is -1.95. The highest BCUT2D eigenvalue weighted by atomic mass is 16.4. The topological polar surface area (TPSA) is 50.5 Å². The maximum Gasteiger partial charge on any atom is 0.123 e. The van der Waals surface area contributed by atoms with E-state index in [2.05, 4.69) is 64.0 Å². The largest absolute Gasteiger partial charge is 0.390 e. The Kier molecular flexibility index (Phi) is 18.6. The lowest BCUT2D eigenvalue weighted by molar-refractivity contribution is 0.276. The molecule has 0 spiro atoms. The van der Waals surface area contributed by atoms with Crippen LogP contribution in [0.25, 0.3) is 6.08 Å². The highest BCUT2D eigenvalue weighted by Gasteiger charge is 2.09. The third-order valence-corrected chi connectivity index (χ3v) is 3.49. The molecule has 0 aliphatic carbocycles. The monoisotopic (exact) mass is 391 g/mol. The van der Waals surface area contributed by atoms with Crippen LogP contribution in [0.1, 0.15) is 57.3 Å². The molecule has 0 unspecified atom stereocenters. The standard InChI is InChI=1S/C17H23N3O.C2H6O.2C2H6/c1-4-14-6-8-15(9-7-14)10-19(3)12-17-18-16(13-21)11-20(17)5-2;1-3-2;2*1-2/h4,6-9,11,21H,1,5,10,12-13H2,2-3H3;1-2H3;2*1-2H3. The van der Waals surface area contributed by atoms with E-state index in [0.717, 1.165) is 36.7 Å². The van der Waals surface area contributed by atoms with Crippen molar-refractivity contribution in [2.75, 3.05) is 21.3 Å². The van der Waals surface area contributed by atoms with Crippen molar-refractivity contribution >= 4 is 6.08 Å². The third-order valence-electron chi connectivity index (χ3n) is 3.49. The smallest absolute Gasteiger partial charge is 0.123 e. The van der Waals surface area contributed by atoms with Crippen LogP contribution < -0.4 is 0 Å². The van der Waals surface area contributed by atoms with Crippen LogP contribution in [0.5, 0.6) is 0 Å². The summed E-state index contributed by atoms with van der Waals surface area (Å²) in [7, 11) is 5.33. The van der Waals surface area contributed by atoms with Gasteiger partial charge in [-0.25, -0.2) is 4.98 Å². The number of methoxy groups -OCH3 is 1. The van der Waals surface area contributed by atoms with Gasteiger partial charge in [0.2, 0.25) is 0 Å². The second kappa shape index (κ2) is 18.4. The van der Waals surface area contributed by atoms with Gasteiger partial charge < -0.3 is 14.4 Å². The van der Waals surface area contributed by atoms with Crippen LogP contribution in [0.2, 0.25) is 0 Å². The predicted octanol–water partition coefficient (Wildman–Crippen LogP) is 4.99. The quantitative estimate of drug-likeness (QED) is 0.723. The van der Waals surface area contributed by atoms with Crippen molar-refractivity contribution < 1.29 is 9.84 Å². The number of aromatic nitrogens is 2. The highest BCUT2D eigenvalue weighted by molar-refractivity contribution is 5.47. The van der Waals surface area contributed by atoms with Gasteiger partial charge in [-0.05, 0) is 25.1 Å². The van der Waals surface area contributed by atoms with E-state index in [4.69, 9.17) is 0 Å². The van der Waals surface area contributed by atoms with E-state index < -0.39 is 0 Å². The van der Waals surface area contributed by atoms with Gasteiger partial charge in [0.15, 0.2) is 0 Å². The fraction of sp³-hybridized carbons (Fsp3) is 0.522. The SMILES string of the molecule is C=Cc1ccc(CN(C)Cc2nc(CO)cn2CC)cc1.CC.CC.COC. The summed E-state index contributed by atoms with van der Waals surface area (Å²) >= 11 is 0. The average Bonchev–Trinajstić information content (AvgIpc) is 3.14. The van der Waals surface area contributed by atoms with Gasteiger partial charge in [-0.15, -0.1) is 0 Å². The van der Waals surface area contributed by atoms with Crippen LogP contribution >= 0.6 is 0 Å². The lowest BCUT2D eigenvalue weighted by Gasteiger charge is -2.17. The van der Waals surface area contributed by atoms with Crippen molar-refractivity contribution in [1.82, 2.24) is 14.5 Å². The third kappa shape index (κ3) is 11.0. The van der Waals surface area contributed by atoms with Crippen LogP contribution in [0.15, 0.2) is 37.0 Å². The fourth-order valence-electron chi connectivity index (χ4n) is 2.36. The number of hydrogen-bond acceptors (Lipinski definition) is 4. The molecule has 2 rings (SSSR count). The van der Waals surface area contributed by atoms with Crippen LogP contribution in [0.3, 0.4) is 0 Å². The average molecular weight is 392 g/mol. The van der Waals surface area contributed by atoms with E-state index in [9.17, 15) is 5.11 Å². The van der Waals surface area contributed by atoms with Crippen LogP contribution in [0.4, 0.5) is 0 Å². The molecule has 5 heteroatoms. The summed E-state index contributed by atoms with van der Waals surface area (Å²) in [6, 6.07) is 8.40. The Morgan fingerprint density at radius 3 is 2.07 bits per heavy atom. The summed E-state index contributed by atoms with van der Waals surface area (Å²) in [5, 5.41) is 9.19. The molecule has 5 nitrogen and oxygen atoms in total. The molecule has 0 fully saturated rings. The second-order valence-corrected chi connectivity index (χ2v) is 5.62. The zero-order valence-electron chi connectivity index (χ0n) is 19.2. The molecule has 0 saturated carbocycles. The molecular weight excluding hydrogens is 350 g/mol. The molecule has 1 aromatic heterocycles. The van der Waals surface area contributed by atoms with Gasteiger partial charge in [0.25, 0.3) is 0 Å². The van der Waals surface area contributed by atoms with Crippen molar-refractivity contribution in [3.8, 4) is 0 Å². The summed E-state index contributed by atoms with van der Waals surface area (Å²) < 4.78 is 6.34. The summed E-state index contributed by atoms with van der Waals surface area (Å²) in [5.41, 5.74) is 3.13. The molecule has 0 radical (unpaired) electrons. The first kappa shape index (κ1) is 28.3. The Morgan fingerprint density at radius 2 is 1.64 bits per heavy atom. The summed E-state index contributed by atoms with van der Waals surface area (Å²) in [4.78, 5) is 6.69. The molecule has 0 bridgehead atoms. The Labute approximate surface area is 172 Å². The molecule has 0 saturated heterocycles. The minimum Gasteiger partial charge on any atom is -0.390 e. The van der Waals surface area contributed by atoms with E-state index in [1.165, 1.54) is 5.56 Å². The molecule has 1 aromatic carbocycles. The molecular formula is C23H41N3O2. The minimum absolute atomic E-state index is 0.00721. The van der Waals surface area contributed by atoms with Crippen LogP contribution in [0, 0.1) is 0 Å². The molecule has 1 N–H and O–H groups in total. The molecule has 0 atom stereocenters. The Balaban J connectivity index is 0. The molecule has 0 amide bonds. The van der Waals surface area contributed by atoms with E-state index in [1.807, 2.05) is 40.0 Å². The zero-order valence-corrected chi connectivity index (χ0v) is 19.2. The maximum atomic E-state index is 9.19. The van der Waals surface area contributed by atoms with Gasteiger partial charge in [-0.1, -0.05) is 64.6 Å². The number of rotatable bonds is 7. The van der Waals surface area contributed by atoms with Crippen LogP contribution in [-0.4, -0.2) is 40.8 Å². The van der Waals surface area contributed by atoms with E-state index in [-0.39, 0.29) is 6.61 Å². The summed E-state index contributed by atoms with van der Waals surface area (Å²) in [6.07, 6.45) is 3.77. The van der Waals surface area contributed by atoms with E-state index in [0.29, 0.717) is 0 Å². The summed E-state index contributed by atoms with van der Waals surface area (Å²) in [6.45, 7) is 16.3. The molecule has 0 aliphatic rings. The number of benzene rings is 1. The number of aliphatic hydroxyl groups is 1. The normalized spacial score (nSPS) is 9.36. The first-order valence-electron chi connectivity index (χ1n) is 10.0. The lowest BCUT2D eigenvalue weighted by atomic mass is 10.1.